The molecule has 2 heterocycles. The van der Waals surface area contributed by atoms with Crippen LogP contribution in [0.15, 0.2) is 12.1 Å². The van der Waals surface area contributed by atoms with Crippen LogP contribution in [-0.4, -0.2) is 73.1 Å². The van der Waals surface area contributed by atoms with E-state index in [1.807, 2.05) is 0 Å². The number of nitrogens with zero attached hydrogens (tertiary/aromatic N) is 3. The Labute approximate surface area is 175 Å². The zero-order valence-corrected chi connectivity index (χ0v) is 17.7. The molecule has 2 aliphatic heterocycles. The predicted molar refractivity (Wildman–Crippen MR) is 107 cm³/mol. The van der Waals surface area contributed by atoms with Gasteiger partial charge >= 0.3 is 0 Å². The Balaban J connectivity index is 1.57. The summed E-state index contributed by atoms with van der Waals surface area (Å²) >= 11 is 0. The zero-order chi connectivity index (χ0) is 21.9. The Kier molecular flexibility index (Phi) is 7.38. The molecule has 11 heteroatoms. The molecule has 7 nitrogen and oxygen atoms in total. The fourth-order valence-corrected chi connectivity index (χ4v) is 5.45. The van der Waals surface area contributed by atoms with Gasteiger partial charge in [0.2, 0.25) is 5.91 Å². The predicted octanol–water partition coefficient (Wildman–Crippen LogP) is 2.17. The van der Waals surface area contributed by atoms with Gasteiger partial charge in [-0.25, -0.2) is 13.2 Å². The second-order valence-electron chi connectivity index (χ2n) is 7.64. The average molecular weight is 449 g/mol. The molecule has 1 atom stereocenters. The maximum atomic E-state index is 13.8. The van der Waals surface area contributed by atoms with Gasteiger partial charge in [0.25, 0.3) is 10.2 Å². The molecule has 2 aliphatic rings. The lowest BCUT2D eigenvalue weighted by atomic mass is 10.2. The first-order valence-corrected chi connectivity index (χ1v) is 11.5. The Morgan fingerprint density at radius 1 is 0.900 bits per heavy atom. The Hall–Kier alpha value is -1.69. The monoisotopic (exact) mass is 448 g/mol. The van der Waals surface area contributed by atoms with Gasteiger partial charge in [0.05, 0.1) is 11.7 Å². The van der Waals surface area contributed by atoms with Crippen molar-refractivity contribution in [3.63, 3.8) is 0 Å². The largest absolute Gasteiger partial charge is 0.322 e. The maximum Gasteiger partial charge on any atom is 0.282 e. The molecule has 2 saturated heterocycles. The molecule has 1 N–H and O–H groups in total. The summed E-state index contributed by atoms with van der Waals surface area (Å²) in [5.74, 6) is -5.01. The lowest BCUT2D eigenvalue weighted by Gasteiger charge is -2.38. The number of halogens is 3. The summed E-state index contributed by atoms with van der Waals surface area (Å²) in [4.78, 5) is 14.2. The summed E-state index contributed by atoms with van der Waals surface area (Å²) in [6.07, 6.45) is 3.78. The van der Waals surface area contributed by atoms with Gasteiger partial charge in [0.1, 0.15) is 0 Å². The van der Waals surface area contributed by atoms with Crippen molar-refractivity contribution in [2.75, 3.05) is 44.6 Å². The first-order valence-electron chi connectivity index (χ1n) is 10.2. The molecule has 0 aliphatic carbocycles. The molecule has 3 rings (SSSR count). The summed E-state index contributed by atoms with van der Waals surface area (Å²) in [6.45, 7) is 3.82. The fraction of sp³-hybridized carbons (Fsp3) is 0.632. The van der Waals surface area contributed by atoms with Crippen LogP contribution in [0.1, 0.15) is 32.6 Å². The first-order chi connectivity index (χ1) is 14.2. The van der Waals surface area contributed by atoms with Gasteiger partial charge in [-0.05, 0) is 31.9 Å². The summed E-state index contributed by atoms with van der Waals surface area (Å²) in [5.41, 5.74) is -0.437. The van der Waals surface area contributed by atoms with Crippen LogP contribution in [0, 0.1) is 17.5 Å². The number of amides is 1. The molecule has 0 radical (unpaired) electrons. The third-order valence-electron chi connectivity index (χ3n) is 5.71. The van der Waals surface area contributed by atoms with Crippen LogP contribution in [0.2, 0.25) is 0 Å². The van der Waals surface area contributed by atoms with Gasteiger partial charge in [-0.1, -0.05) is 12.8 Å². The van der Waals surface area contributed by atoms with Crippen molar-refractivity contribution >= 4 is 21.8 Å². The Bertz CT molecular complexity index is 868. The van der Waals surface area contributed by atoms with E-state index in [4.69, 9.17) is 0 Å². The van der Waals surface area contributed by atoms with Gasteiger partial charge < -0.3 is 5.32 Å². The second-order valence-corrected chi connectivity index (χ2v) is 9.57. The molecule has 0 saturated carbocycles. The van der Waals surface area contributed by atoms with Crippen molar-refractivity contribution in [3.8, 4) is 0 Å². The van der Waals surface area contributed by atoms with E-state index in [1.165, 1.54) is 8.61 Å². The minimum absolute atomic E-state index is 0.246. The molecule has 1 amide bonds. The van der Waals surface area contributed by atoms with E-state index in [9.17, 15) is 26.4 Å². The van der Waals surface area contributed by atoms with Crippen LogP contribution in [0.5, 0.6) is 0 Å². The SMILES string of the molecule is C[C@@H](C(=O)Nc1ccc(F)c(F)c1F)N1CCN(S(=O)(=O)N2CCCCCC2)CC1. The molecule has 1 aromatic rings. The molecule has 2 fully saturated rings. The number of anilines is 1. The topological polar surface area (TPSA) is 73.0 Å². The van der Waals surface area contributed by atoms with Crippen molar-refractivity contribution in [1.29, 1.82) is 0 Å². The number of piperazine rings is 1. The van der Waals surface area contributed by atoms with Crippen LogP contribution < -0.4 is 5.32 Å². The van der Waals surface area contributed by atoms with E-state index in [0.29, 0.717) is 26.2 Å². The Morgan fingerprint density at radius 3 is 2.07 bits per heavy atom. The quantitative estimate of drug-likeness (QED) is 0.701. The van der Waals surface area contributed by atoms with Crippen LogP contribution in [0.3, 0.4) is 0 Å². The molecule has 1 aromatic carbocycles. The number of hydrogen-bond donors (Lipinski definition) is 1. The fourth-order valence-electron chi connectivity index (χ4n) is 3.78. The van der Waals surface area contributed by atoms with E-state index in [-0.39, 0.29) is 13.1 Å². The highest BCUT2D eigenvalue weighted by atomic mass is 32.2. The number of carbonyl (C=O) groups is 1. The summed E-state index contributed by atoms with van der Waals surface area (Å²) < 4.78 is 68.9. The molecule has 0 unspecified atom stereocenters. The van der Waals surface area contributed by atoms with Gasteiger partial charge in [-0.2, -0.15) is 17.0 Å². The summed E-state index contributed by atoms with van der Waals surface area (Å²) in [6, 6.07) is 1.01. The van der Waals surface area contributed by atoms with Crippen LogP contribution in [0.25, 0.3) is 0 Å². The van der Waals surface area contributed by atoms with Crippen LogP contribution >= 0.6 is 0 Å². The van der Waals surface area contributed by atoms with Crippen molar-refractivity contribution in [2.45, 2.75) is 38.6 Å². The normalized spacial score (nSPS) is 21.2. The number of hydrogen-bond acceptors (Lipinski definition) is 4. The summed E-state index contributed by atoms with van der Waals surface area (Å²) in [5, 5.41) is 2.27. The van der Waals surface area contributed by atoms with Crippen molar-refractivity contribution < 1.29 is 26.4 Å². The van der Waals surface area contributed by atoms with Crippen molar-refractivity contribution in [1.82, 2.24) is 13.5 Å². The zero-order valence-electron chi connectivity index (χ0n) is 16.9. The van der Waals surface area contributed by atoms with Crippen LogP contribution in [-0.2, 0) is 15.0 Å². The molecular weight excluding hydrogens is 421 g/mol. The van der Waals surface area contributed by atoms with Gasteiger partial charge in [0, 0.05) is 39.3 Å². The minimum Gasteiger partial charge on any atom is -0.322 e. The highest BCUT2D eigenvalue weighted by molar-refractivity contribution is 7.86. The highest BCUT2D eigenvalue weighted by Crippen LogP contribution is 2.21. The van der Waals surface area contributed by atoms with Crippen LogP contribution in [0.4, 0.5) is 18.9 Å². The summed E-state index contributed by atoms with van der Waals surface area (Å²) in [7, 11) is -3.53. The van der Waals surface area contributed by atoms with Gasteiger partial charge in [-0.15, -0.1) is 0 Å². The molecule has 0 aromatic heterocycles. The van der Waals surface area contributed by atoms with Gasteiger partial charge in [0.15, 0.2) is 17.5 Å². The Morgan fingerprint density at radius 2 is 1.47 bits per heavy atom. The number of carbonyl (C=O) groups excluding carboxylic acids is 1. The smallest absolute Gasteiger partial charge is 0.282 e. The molecule has 0 bridgehead atoms. The molecule has 168 valence electrons. The van der Waals surface area contributed by atoms with Crippen molar-refractivity contribution in [2.24, 2.45) is 0 Å². The number of nitrogens with one attached hydrogen (secondary N) is 1. The number of rotatable bonds is 5. The van der Waals surface area contributed by atoms with E-state index >= 15 is 0 Å². The maximum absolute atomic E-state index is 13.8. The number of benzene rings is 1. The minimum atomic E-state index is -3.53. The second kappa shape index (κ2) is 9.63. The van der Waals surface area contributed by atoms with Gasteiger partial charge in [-0.3, -0.25) is 9.69 Å². The third kappa shape index (κ3) is 4.96. The highest BCUT2D eigenvalue weighted by Gasteiger charge is 2.34. The molecule has 30 heavy (non-hydrogen) atoms. The third-order valence-corrected chi connectivity index (χ3v) is 7.75. The van der Waals surface area contributed by atoms with E-state index in [0.717, 1.165) is 37.8 Å². The standard InChI is InChI=1S/C19H27F3N4O3S/c1-14(19(27)23-16-7-6-15(20)17(21)18(16)22)24-10-12-26(13-11-24)30(28,29)25-8-4-2-3-5-9-25/h6-7,14H,2-5,8-13H2,1H3,(H,23,27)/t14-/m0/s1. The molecular formula is C19H27F3N4O3S. The first kappa shape index (κ1) is 23.0. The van der Waals surface area contributed by atoms with E-state index in [2.05, 4.69) is 5.32 Å². The van der Waals surface area contributed by atoms with E-state index in [1.54, 1.807) is 11.8 Å². The lowest BCUT2D eigenvalue weighted by molar-refractivity contribution is -0.121. The lowest BCUT2D eigenvalue weighted by Crippen LogP contribution is -2.56. The van der Waals surface area contributed by atoms with Crippen molar-refractivity contribution in [3.05, 3.63) is 29.6 Å². The molecule has 0 spiro atoms. The van der Waals surface area contributed by atoms with E-state index < -0.39 is 45.3 Å². The average Bonchev–Trinajstić information content (AvgIpc) is 3.04.